The summed E-state index contributed by atoms with van der Waals surface area (Å²) in [6.45, 7) is 5.52. The maximum absolute atomic E-state index is 12.5. The summed E-state index contributed by atoms with van der Waals surface area (Å²) in [4.78, 5) is 24.0. The number of nitrogens with one attached hydrogen (secondary N) is 1. The summed E-state index contributed by atoms with van der Waals surface area (Å²) in [5.74, 6) is -0.966. The fourth-order valence-electron chi connectivity index (χ4n) is 4.24. The summed E-state index contributed by atoms with van der Waals surface area (Å²) in [5.41, 5.74) is 0.674. The number of allylic oxidation sites excluding steroid dienone is 1. The summed E-state index contributed by atoms with van der Waals surface area (Å²) >= 11 is 0. The molecule has 1 aromatic rings. The standard InChI is InChI=1S/C23H31NO6/c1-22(2)18(10-7-11-20(25)27-3)14-23(29-12-13-30-23)15-19(22)24-21(26)28-16-17-8-5-4-6-9-17/h4-9,11,18-19H,10,12-16H2,1-3H3,(H,24,26)/b11-7+/t18-,19-/m1/s1. The number of ether oxygens (including phenoxy) is 4. The Labute approximate surface area is 177 Å². The number of methoxy groups -OCH3 is 1. The van der Waals surface area contributed by atoms with Crippen LogP contribution in [0.4, 0.5) is 4.79 Å². The molecule has 164 valence electrons. The molecule has 3 rings (SSSR count). The summed E-state index contributed by atoms with van der Waals surface area (Å²) in [5, 5.41) is 3.03. The molecule has 2 atom stereocenters. The second kappa shape index (κ2) is 9.62. The van der Waals surface area contributed by atoms with E-state index in [4.69, 9.17) is 14.2 Å². The van der Waals surface area contributed by atoms with Crippen LogP contribution in [-0.4, -0.2) is 44.2 Å². The maximum atomic E-state index is 12.5. The van der Waals surface area contributed by atoms with Crippen LogP contribution in [0.25, 0.3) is 0 Å². The predicted octanol–water partition coefficient (Wildman–Crippen LogP) is 3.58. The molecular weight excluding hydrogens is 386 g/mol. The van der Waals surface area contributed by atoms with E-state index in [0.717, 1.165) is 5.56 Å². The van der Waals surface area contributed by atoms with Crippen molar-refractivity contribution < 1.29 is 28.5 Å². The summed E-state index contributed by atoms with van der Waals surface area (Å²) in [7, 11) is 1.35. The van der Waals surface area contributed by atoms with E-state index in [-0.39, 0.29) is 30.0 Å². The van der Waals surface area contributed by atoms with Crippen LogP contribution in [0.15, 0.2) is 42.5 Å². The van der Waals surface area contributed by atoms with E-state index in [2.05, 4.69) is 23.9 Å². The average molecular weight is 418 g/mol. The number of alkyl carbamates (subject to hydrolysis) is 1. The van der Waals surface area contributed by atoms with Crippen molar-refractivity contribution in [2.24, 2.45) is 11.3 Å². The molecule has 7 nitrogen and oxygen atoms in total. The van der Waals surface area contributed by atoms with Crippen LogP contribution < -0.4 is 5.32 Å². The number of esters is 1. The van der Waals surface area contributed by atoms with Crippen molar-refractivity contribution in [1.82, 2.24) is 5.32 Å². The van der Waals surface area contributed by atoms with E-state index < -0.39 is 11.9 Å². The molecule has 7 heteroatoms. The normalized spacial score (nSPS) is 24.6. The lowest BCUT2D eigenvalue weighted by molar-refractivity contribution is -0.211. The van der Waals surface area contributed by atoms with Gasteiger partial charge in [0.1, 0.15) is 6.61 Å². The Bertz CT molecular complexity index is 754. The Kier molecular flexibility index (Phi) is 7.15. The Hall–Kier alpha value is -2.38. The molecule has 0 bridgehead atoms. The highest BCUT2D eigenvalue weighted by atomic mass is 16.7. The highest BCUT2D eigenvalue weighted by molar-refractivity contribution is 5.81. The lowest BCUT2D eigenvalue weighted by Crippen LogP contribution is -2.58. The molecule has 0 radical (unpaired) electrons. The first-order valence-electron chi connectivity index (χ1n) is 10.3. The molecule has 1 aliphatic heterocycles. The van der Waals surface area contributed by atoms with Crippen LogP contribution in [-0.2, 0) is 30.3 Å². The zero-order valence-electron chi connectivity index (χ0n) is 17.9. The van der Waals surface area contributed by atoms with Crippen molar-refractivity contribution in [2.45, 2.75) is 51.5 Å². The van der Waals surface area contributed by atoms with E-state index in [1.165, 1.54) is 13.2 Å². The third kappa shape index (κ3) is 5.40. The lowest BCUT2D eigenvalue weighted by atomic mass is 9.62. The molecule has 0 unspecified atom stereocenters. The number of hydrogen-bond acceptors (Lipinski definition) is 6. The van der Waals surface area contributed by atoms with Gasteiger partial charge >= 0.3 is 12.1 Å². The molecule has 1 aromatic carbocycles. The molecule has 1 saturated heterocycles. The largest absolute Gasteiger partial charge is 0.466 e. The summed E-state index contributed by atoms with van der Waals surface area (Å²) < 4.78 is 22.0. The third-order valence-corrected chi connectivity index (χ3v) is 6.22. The van der Waals surface area contributed by atoms with Crippen molar-refractivity contribution >= 4 is 12.1 Å². The van der Waals surface area contributed by atoms with Crippen molar-refractivity contribution in [3.8, 4) is 0 Å². The van der Waals surface area contributed by atoms with Crippen LogP contribution >= 0.6 is 0 Å². The number of benzene rings is 1. The molecule has 1 aliphatic carbocycles. The van der Waals surface area contributed by atoms with Gasteiger partial charge in [0.2, 0.25) is 0 Å². The zero-order chi connectivity index (χ0) is 21.6. The highest BCUT2D eigenvalue weighted by Gasteiger charge is 2.53. The molecule has 2 aliphatic rings. The Morgan fingerprint density at radius 2 is 1.87 bits per heavy atom. The zero-order valence-corrected chi connectivity index (χ0v) is 17.9. The van der Waals surface area contributed by atoms with E-state index in [1.807, 2.05) is 36.4 Å². The van der Waals surface area contributed by atoms with Gasteiger partial charge in [0, 0.05) is 25.0 Å². The van der Waals surface area contributed by atoms with Gasteiger partial charge in [0.15, 0.2) is 5.79 Å². The van der Waals surface area contributed by atoms with Crippen LogP contribution in [0.5, 0.6) is 0 Å². The number of hydrogen-bond donors (Lipinski definition) is 1. The van der Waals surface area contributed by atoms with Gasteiger partial charge < -0.3 is 24.3 Å². The van der Waals surface area contributed by atoms with E-state index in [1.54, 1.807) is 0 Å². The van der Waals surface area contributed by atoms with E-state index in [9.17, 15) is 9.59 Å². The van der Waals surface area contributed by atoms with E-state index in [0.29, 0.717) is 32.5 Å². The van der Waals surface area contributed by atoms with Crippen molar-refractivity contribution in [2.75, 3.05) is 20.3 Å². The predicted molar refractivity (Wildman–Crippen MR) is 110 cm³/mol. The van der Waals surface area contributed by atoms with Gasteiger partial charge in [-0.15, -0.1) is 0 Å². The molecule has 1 saturated carbocycles. The fourth-order valence-corrected chi connectivity index (χ4v) is 4.24. The number of carbonyl (C=O) groups is 2. The number of amides is 1. The summed E-state index contributed by atoms with van der Waals surface area (Å²) in [6, 6.07) is 9.36. The van der Waals surface area contributed by atoms with Crippen LogP contribution in [0, 0.1) is 11.3 Å². The first-order valence-corrected chi connectivity index (χ1v) is 10.3. The van der Waals surface area contributed by atoms with Crippen LogP contribution in [0.2, 0.25) is 0 Å². The Balaban J connectivity index is 1.68. The molecule has 1 spiro atoms. The molecule has 1 N–H and O–H groups in total. The molecule has 0 aromatic heterocycles. The van der Waals surface area contributed by atoms with Crippen molar-refractivity contribution in [1.29, 1.82) is 0 Å². The van der Waals surface area contributed by atoms with E-state index >= 15 is 0 Å². The first kappa shape index (κ1) is 22.3. The van der Waals surface area contributed by atoms with Gasteiger partial charge in [-0.25, -0.2) is 9.59 Å². The van der Waals surface area contributed by atoms with Crippen LogP contribution in [0.3, 0.4) is 0 Å². The second-order valence-corrected chi connectivity index (χ2v) is 8.45. The molecule has 1 amide bonds. The fraction of sp³-hybridized carbons (Fsp3) is 0.565. The minimum Gasteiger partial charge on any atom is -0.466 e. The molecule has 2 fully saturated rings. The smallest absolute Gasteiger partial charge is 0.407 e. The third-order valence-electron chi connectivity index (χ3n) is 6.22. The van der Waals surface area contributed by atoms with Gasteiger partial charge in [0.05, 0.1) is 20.3 Å². The summed E-state index contributed by atoms with van der Waals surface area (Å²) in [6.07, 6.45) is 4.69. The lowest BCUT2D eigenvalue weighted by Gasteiger charge is -2.50. The maximum Gasteiger partial charge on any atom is 0.407 e. The van der Waals surface area contributed by atoms with Crippen molar-refractivity contribution in [3.05, 3.63) is 48.0 Å². The molecular formula is C23H31NO6. The number of carbonyl (C=O) groups excluding carboxylic acids is 2. The van der Waals surface area contributed by atoms with Gasteiger partial charge in [-0.2, -0.15) is 0 Å². The molecule has 1 heterocycles. The van der Waals surface area contributed by atoms with Gasteiger partial charge in [-0.05, 0) is 23.3 Å². The van der Waals surface area contributed by atoms with Crippen molar-refractivity contribution in [3.63, 3.8) is 0 Å². The Morgan fingerprint density at radius 1 is 1.17 bits per heavy atom. The average Bonchev–Trinajstić information content (AvgIpc) is 3.18. The van der Waals surface area contributed by atoms with Crippen LogP contribution in [0.1, 0.15) is 38.7 Å². The number of rotatable bonds is 6. The monoisotopic (exact) mass is 417 g/mol. The van der Waals surface area contributed by atoms with Gasteiger partial charge in [-0.3, -0.25) is 0 Å². The highest BCUT2D eigenvalue weighted by Crippen LogP contribution is 2.49. The Morgan fingerprint density at radius 3 is 2.53 bits per heavy atom. The molecule has 30 heavy (non-hydrogen) atoms. The quantitative estimate of drug-likeness (QED) is 0.563. The minimum absolute atomic E-state index is 0.129. The minimum atomic E-state index is -0.712. The van der Waals surface area contributed by atoms with Gasteiger partial charge in [-0.1, -0.05) is 50.3 Å². The second-order valence-electron chi connectivity index (χ2n) is 8.45. The van der Waals surface area contributed by atoms with Gasteiger partial charge in [0.25, 0.3) is 0 Å². The SMILES string of the molecule is COC(=O)/C=C/C[C@@H]1CC2(C[C@@H](NC(=O)OCc3ccccc3)C1(C)C)OCCO2. The first-order chi connectivity index (χ1) is 14.3. The topological polar surface area (TPSA) is 83.1 Å².